The summed E-state index contributed by atoms with van der Waals surface area (Å²) in [5, 5.41) is 9.84. The van der Waals surface area contributed by atoms with Crippen molar-refractivity contribution in [1.82, 2.24) is 0 Å². The third kappa shape index (κ3) is 4.13. The second kappa shape index (κ2) is 6.90. The highest BCUT2D eigenvalue weighted by Gasteiger charge is 2.17. The average molecular weight is 754 g/mol. The summed E-state index contributed by atoms with van der Waals surface area (Å²) in [7, 11) is -4.22. The predicted octanol–water partition coefficient (Wildman–Crippen LogP) is 4.72. The molecule has 0 saturated carbocycles. The number of benzene rings is 2. The first-order valence-electron chi connectivity index (χ1n) is 5.26. The maximum Gasteiger partial charge on any atom is 0.294 e. The van der Waals surface area contributed by atoms with Crippen LogP contribution in [0.3, 0.4) is 0 Å². The van der Waals surface area contributed by atoms with Crippen molar-refractivity contribution in [2.75, 3.05) is 0 Å². The Labute approximate surface area is 176 Å². The Bertz CT molecular complexity index is 787. The van der Waals surface area contributed by atoms with Crippen LogP contribution in [0.1, 0.15) is 0 Å². The lowest BCUT2D eigenvalue weighted by atomic mass is 10.1. The van der Waals surface area contributed by atoms with Gasteiger partial charge in [0.25, 0.3) is 10.1 Å². The van der Waals surface area contributed by atoms with E-state index in [1.165, 1.54) is 12.1 Å². The minimum atomic E-state index is -4.22. The number of aromatic hydroxyl groups is 1. The summed E-state index contributed by atoms with van der Waals surface area (Å²) in [5.74, 6) is 0.236. The molecule has 0 bridgehead atoms. The van der Waals surface area contributed by atoms with Gasteiger partial charge in [-0.3, -0.25) is 4.55 Å². The summed E-state index contributed by atoms with van der Waals surface area (Å²) in [4.78, 5) is -0.122. The topological polar surface area (TPSA) is 74.6 Å². The van der Waals surface area contributed by atoms with Crippen molar-refractivity contribution in [1.29, 1.82) is 0 Å². The Hall–Kier alpha value is 1.07. The number of phenols is 1. The molecule has 9 heteroatoms. The Morgan fingerprint density at radius 3 is 1.62 bits per heavy atom. The molecule has 0 aliphatic rings. The van der Waals surface area contributed by atoms with Gasteiger partial charge in [0.2, 0.25) is 0 Å². The zero-order valence-electron chi connectivity index (χ0n) is 9.94. The van der Waals surface area contributed by atoms with Crippen LogP contribution in [0, 0.1) is 14.3 Å². The fourth-order valence-corrected chi connectivity index (χ4v) is 6.80. The molecule has 0 aromatic heterocycles. The van der Waals surface area contributed by atoms with Crippen LogP contribution in [-0.4, -0.2) is 18.1 Å². The fourth-order valence-electron chi connectivity index (χ4n) is 1.68. The second-order valence-electron chi connectivity index (χ2n) is 4.03. The van der Waals surface area contributed by atoms with Crippen LogP contribution in [0.2, 0.25) is 0 Å². The van der Waals surface area contributed by atoms with E-state index in [1.807, 2.05) is 102 Å². The monoisotopic (exact) mass is 754 g/mol. The summed E-state index contributed by atoms with van der Waals surface area (Å²) < 4.78 is 34.5. The summed E-state index contributed by atoms with van der Waals surface area (Å²) in [6.45, 7) is 0. The molecule has 0 saturated heterocycles. The summed E-state index contributed by atoms with van der Waals surface area (Å²) >= 11 is 8.18. The predicted molar refractivity (Wildman–Crippen MR) is 114 cm³/mol. The third-order valence-electron chi connectivity index (χ3n) is 2.62. The van der Waals surface area contributed by atoms with Crippen molar-refractivity contribution in [3.8, 4) is 16.9 Å². The lowest BCUT2D eigenvalue weighted by Crippen LogP contribution is -2.01. The van der Waals surface area contributed by atoms with E-state index >= 15 is 0 Å². The summed E-state index contributed by atoms with van der Waals surface area (Å²) in [6.07, 6.45) is 0. The first kappa shape index (κ1) is 18.4. The largest absolute Gasteiger partial charge is 0.506 e. The molecule has 0 fully saturated rings. The van der Waals surface area contributed by atoms with E-state index in [-0.39, 0.29) is 10.6 Å². The molecule has 2 N–H and O–H groups in total. The van der Waals surface area contributed by atoms with Crippen molar-refractivity contribution < 1.29 is 18.1 Å². The number of phenolic OH excluding ortho intramolecular Hbond substituents is 1. The molecule has 0 aliphatic heterocycles. The minimum Gasteiger partial charge on any atom is -0.506 e. The Balaban J connectivity index is 2.71. The standard InChI is InChI=1S/C12H6I4O4S/c13-7-3-6(21(18,19)20)4-8(14)11(7)5-1-9(15)12(17)10(16)2-5/h1-4,17H,(H,18,19,20). The van der Waals surface area contributed by atoms with Gasteiger partial charge in [-0.1, -0.05) is 0 Å². The van der Waals surface area contributed by atoms with Gasteiger partial charge in [0.05, 0.1) is 12.0 Å². The molecule has 0 spiro atoms. The van der Waals surface area contributed by atoms with Crippen LogP contribution in [0.25, 0.3) is 11.1 Å². The van der Waals surface area contributed by atoms with Crippen LogP contribution < -0.4 is 0 Å². The first-order chi connectivity index (χ1) is 9.61. The highest BCUT2D eigenvalue weighted by molar-refractivity contribution is 14.1. The van der Waals surface area contributed by atoms with Gasteiger partial charge in [0.1, 0.15) is 5.75 Å². The molecule has 0 atom stereocenters. The Kier molecular flexibility index (Phi) is 6.05. The van der Waals surface area contributed by atoms with E-state index in [9.17, 15) is 13.5 Å². The smallest absolute Gasteiger partial charge is 0.294 e. The van der Waals surface area contributed by atoms with Crippen LogP contribution in [0.5, 0.6) is 5.75 Å². The maximum absolute atomic E-state index is 11.3. The normalized spacial score (nSPS) is 11.7. The molecule has 0 radical (unpaired) electrons. The van der Waals surface area contributed by atoms with Crippen molar-refractivity contribution in [2.45, 2.75) is 4.90 Å². The van der Waals surface area contributed by atoms with Gasteiger partial charge in [0, 0.05) is 12.7 Å². The molecule has 2 aromatic rings. The molecular weight excluding hydrogens is 748 g/mol. The lowest BCUT2D eigenvalue weighted by molar-refractivity contribution is 0.467. The second-order valence-corrected chi connectivity index (χ2v) is 10.1. The van der Waals surface area contributed by atoms with Gasteiger partial charge in [0.15, 0.2) is 0 Å². The summed E-state index contributed by atoms with van der Waals surface area (Å²) in [5.41, 5.74) is 1.76. The average Bonchev–Trinajstić information content (AvgIpc) is 2.33. The van der Waals surface area contributed by atoms with Gasteiger partial charge < -0.3 is 5.11 Å². The van der Waals surface area contributed by atoms with Crippen LogP contribution in [0.15, 0.2) is 29.2 Å². The quantitative estimate of drug-likeness (QED) is 0.344. The van der Waals surface area contributed by atoms with E-state index in [1.54, 1.807) is 0 Å². The van der Waals surface area contributed by atoms with Crippen LogP contribution >= 0.6 is 90.4 Å². The fraction of sp³-hybridized carbons (Fsp3) is 0. The van der Waals surface area contributed by atoms with Crippen molar-refractivity contribution in [3.63, 3.8) is 0 Å². The molecule has 2 aromatic carbocycles. The van der Waals surface area contributed by atoms with Crippen molar-refractivity contribution in [3.05, 3.63) is 38.5 Å². The molecule has 0 unspecified atom stereocenters. The molecule has 4 nitrogen and oxygen atoms in total. The Morgan fingerprint density at radius 1 is 0.810 bits per heavy atom. The highest BCUT2D eigenvalue weighted by Crippen LogP contribution is 2.37. The maximum atomic E-state index is 11.3. The molecule has 0 amide bonds. The van der Waals surface area contributed by atoms with Gasteiger partial charge >= 0.3 is 0 Å². The zero-order chi connectivity index (χ0) is 15.9. The van der Waals surface area contributed by atoms with E-state index in [2.05, 4.69) is 0 Å². The molecule has 21 heavy (non-hydrogen) atoms. The minimum absolute atomic E-state index is 0.122. The Morgan fingerprint density at radius 2 is 1.24 bits per heavy atom. The number of halogens is 4. The van der Waals surface area contributed by atoms with Crippen molar-refractivity contribution >= 4 is 100 Å². The number of hydrogen-bond donors (Lipinski definition) is 2. The van der Waals surface area contributed by atoms with Crippen LogP contribution in [-0.2, 0) is 10.1 Å². The van der Waals surface area contributed by atoms with Gasteiger partial charge in [-0.25, -0.2) is 0 Å². The first-order valence-corrected chi connectivity index (χ1v) is 11.0. The van der Waals surface area contributed by atoms with E-state index in [0.29, 0.717) is 7.14 Å². The van der Waals surface area contributed by atoms with Crippen molar-refractivity contribution in [2.24, 2.45) is 0 Å². The third-order valence-corrected chi connectivity index (χ3v) is 6.80. The van der Waals surface area contributed by atoms with Gasteiger partial charge in [-0.05, 0) is 120 Å². The van der Waals surface area contributed by atoms with Crippen LogP contribution in [0.4, 0.5) is 0 Å². The van der Waals surface area contributed by atoms with Gasteiger partial charge in [-0.15, -0.1) is 0 Å². The van der Waals surface area contributed by atoms with Gasteiger partial charge in [-0.2, -0.15) is 8.42 Å². The van der Waals surface area contributed by atoms with E-state index in [0.717, 1.165) is 18.3 Å². The van der Waals surface area contributed by atoms with E-state index < -0.39 is 10.1 Å². The number of rotatable bonds is 2. The highest BCUT2D eigenvalue weighted by atomic mass is 127. The zero-order valence-corrected chi connectivity index (χ0v) is 19.4. The summed E-state index contributed by atoms with van der Waals surface area (Å²) in [6, 6.07) is 6.54. The molecule has 0 heterocycles. The lowest BCUT2D eigenvalue weighted by Gasteiger charge is -2.12. The van der Waals surface area contributed by atoms with E-state index in [4.69, 9.17) is 4.55 Å². The SMILES string of the molecule is O=S(=O)(O)c1cc(I)c(-c2cc(I)c(O)c(I)c2)c(I)c1. The number of hydrogen-bond acceptors (Lipinski definition) is 3. The molecule has 2 rings (SSSR count). The molecule has 0 aliphatic carbocycles. The molecule has 112 valence electrons. The molecular formula is C12H6I4O4S.